The van der Waals surface area contributed by atoms with Crippen LogP contribution in [0.4, 0.5) is 0 Å². The molecule has 1 rings (SSSR count). The van der Waals surface area contributed by atoms with Gasteiger partial charge in [-0.05, 0) is 38.0 Å². The van der Waals surface area contributed by atoms with Crippen molar-refractivity contribution in [2.45, 2.75) is 53.1 Å². The van der Waals surface area contributed by atoms with E-state index in [0.29, 0.717) is 6.61 Å². The van der Waals surface area contributed by atoms with E-state index in [-0.39, 0.29) is 23.7 Å². The third-order valence-electron chi connectivity index (χ3n) is 3.57. The predicted octanol–water partition coefficient (Wildman–Crippen LogP) is 2.68. The molecule has 3 heteroatoms. The highest BCUT2D eigenvalue weighted by Gasteiger charge is 2.36. The Labute approximate surface area is 104 Å². The summed E-state index contributed by atoms with van der Waals surface area (Å²) in [5.74, 6) is -0.169. The molecule has 98 valence electrons. The number of carbonyl (C=O) groups excluding carboxylic acids is 1. The molecule has 0 aromatic rings. The number of aliphatic hydroxyl groups is 1. The minimum atomic E-state index is -0.603. The van der Waals surface area contributed by atoms with Crippen molar-refractivity contribution in [1.82, 2.24) is 0 Å². The number of rotatable bonds is 4. The van der Waals surface area contributed by atoms with Crippen LogP contribution in [0.1, 0.15) is 47.0 Å². The van der Waals surface area contributed by atoms with Gasteiger partial charge in [-0.15, -0.1) is 0 Å². The molecule has 0 saturated carbocycles. The van der Waals surface area contributed by atoms with Gasteiger partial charge >= 0.3 is 5.97 Å². The molecular formula is C14H24O3. The second kappa shape index (κ2) is 5.67. The van der Waals surface area contributed by atoms with Crippen LogP contribution in [-0.2, 0) is 9.53 Å². The van der Waals surface area contributed by atoms with Gasteiger partial charge in [0, 0.05) is 0 Å². The molecule has 0 spiro atoms. The van der Waals surface area contributed by atoms with Crippen LogP contribution in [0.25, 0.3) is 0 Å². The van der Waals surface area contributed by atoms with Crippen LogP contribution in [0.15, 0.2) is 11.6 Å². The Bertz CT molecular complexity index is 305. The van der Waals surface area contributed by atoms with E-state index in [4.69, 9.17) is 4.74 Å². The van der Waals surface area contributed by atoms with Crippen molar-refractivity contribution in [3.05, 3.63) is 11.6 Å². The molecule has 1 aliphatic rings. The van der Waals surface area contributed by atoms with Crippen molar-refractivity contribution in [2.75, 3.05) is 6.61 Å². The summed E-state index contributed by atoms with van der Waals surface area (Å²) < 4.78 is 4.88. The fourth-order valence-corrected chi connectivity index (χ4v) is 2.79. The summed E-state index contributed by atoms with van der Waals surface area (Å²) in [4.78, 5) is 11.4. The van der Waals surface area contributed by atoms with E-state index in [9.17, 15) is 9.90 Å². The smallest absolute Gasteiger partial charge is 0.308 e. The van der Waals surface area contributed by atoms with E-state index in [2.05, 4.69) is 26.8 Å². The minimum absolute atomic E-state index is 0.0474. The van der Waals surface area contributed by atoms with E-state index in [1.807, 2.05) is 0 Å². The summed E-state index contributed by atoms with van der Waals surface area (Å²) in [7, 11) is 0. The molecule has 1 N–H and O–H groups in total. The van der Waals surface area contributed by atoms with Gasteiger partial charge in [0.15, 0.2) is 0 Å². The minimum Gasteiger partial charge on any atom is -0.466 e. The zero-order chi connectivity index (χ0) is 13.1. The number of aliphatic hydroxyl groups excluding tert-OH is 1. The topological polar surface area (TPSA) is 46.5 Å². The van der Waals surface area contributed by atoms with Gasteiger partial charge in [-0.1, -0.05) is 25.5 Å². The molecule has 0 radical (unpaired) electrons. The van der Waals surface area contributed by atoms with Gasteiger partial charge in [-0.3, -0.25) is 4.79 Å². The van der Waals surface area contributed by atoms with Gasteiger partial charge < -0.3 is 9.84 Å². The summed E-state index contributed by atoms with van der Waals surface area (Å²) in [5.41, 5.74) is 1.32. The Hall–Kier alpha value is -0.830. The summed E-state index contributed by atoms with van der Waals surface area (Å²) in [6.45, 7) is 8.51. The predicted molar refractivity (Wildman–Crippen MR) is 67.5 cm³/mol. The highest BCUT2D eigenvalue weighted by atomic mass is 16.5. The molecule has 0 saturated heterocycles. The quantitative estimate of drug-likeness (QED) is 0.607. The number of allylic oxidation sites excluding steroid dienone is 2. The first kappa shape index (κ1) is 14.2. The largest absolute Gasteiger partial charge is 0.466 e. The second-order valence-corrected chi connectivity index (χ2v) is 5.53. The first-order chi connectivity index (χ1) is 7.86. The molecular weight excluding hydrogens is 216 g/mol. The third-order valence-corrected chi connectivity index (χ3v) is 3.57. The fraction of sp³-hybridized carbons (Fsp3) is 0.786. The first-order valence-corrected chi connectivity index (χ1v) is 6.39. The van der Waals surface area contributed by atoms with E-state index in [1.165, 1.54) is 5.57 Å². The molecule has 2 unspecified atom stereocenters. The van der Waals surface area contributed by atoms with Crippen molar-refractivity contribution in [3.8, 4) is 0 Å². The lowest BCUT2D eigenvalue weighted by atomic mass is 9.68. The number of hydrogen-bond donors (Lipinski definition) is 1. The summed E-state index contributed by atoms with van der Waals surface area (Å²) >= 11 is 0. The Morgan fingerprint density at radius 3 is 2.82 bits per heavy atom. The fourth-order valence-electron chi connectivity index (χ4n) is 2.79. The van der Waals surface area contributed by atoms with Crippen molar-refractivity contribution in [2.24, 2.45) is 11.3 Å². The van der Waals surface area contributed by atoms with Crippen LogP contribution in [0, 0.1) is 11.3 Å². The van der Waals surface area contributed by atoms with Crippen LogP contribution in [0.2, 0.25) is 0 Å². The molecule has 0 amide bonds. The van der Waals surface area contributed by atoms with Gasteiger partial charge in [0.1, 0.15) is 0 Å². The van der Waals surface area contributed by atoms with E-state index in [0.717, 1.165) is 12.8 Å². The number of ether oxygens (including phenoxy) is 1. The lowest BCUT2D eigenvalue weighted by Crippen LogP contribution is -2.36. The average Bonchev–Trinajstić information content (AvgIpc) is 2.15. The Morgan fingerprint density at radius 1 is 1.65 bits per heavy atom. The monoisotopic (exact) mass is 240 g/mol. The van der Waals surface area contributed by atoms with E-state index >= 15 is 0 Å². The molecule has 0 heterocycles. The van der Waals surface area contributed by atoms with E-state index < -0.39 is 6.10 Å². The molecule has 0 fully saturated rings. The van der Waals surface area contributed by atoms with Crippen molar-refractivity contribution in [1.29, 1.82) is 0 Å². The normalized spacial score (nSPS) is 25.0. The van der Waals surface area contributed by atoms with Crippen LogP contribution < -0.4 is 0 Å². The van der Waals surface area contributed by atoms with Crippen LogP contribution in [0.5, 0.6) is 0 Å². The number of esters is 1. The van der Waals surface area contributed by atoms with Crippen molar-refractivity contribution < 1.29 is 14.6 Å². The van der Waals surface area contributed by atoms with Crippen LogP contribution >= 0.6 is 0 Å². The highest BCUT2D eigenvalue weighted by Crippen LogP contribution is 2.41. The van der Waals surface area contributed by atoms with E-state index in [1.54, 1.807) is 6.92 Å². The van der Waals surface area contributed by atoms with Gasteiger partial charge in [0.05, 0.1) is 19.1 Å². The number of hydrogen-bond acceptors (Lipinski definition) is 3. The SMILES string of the molecule is CCOC(=O)CC(O)C1CCC(C)=CC1(C)C. The molecule has 1 aliphatic carbocycles. The maximum atomic E-state index is 11.4. The summed E-state index contributed by atoms with van der Waals surface area (Å²) in [6.07, 6.45) is 3.67. The molecule has 0 aromatic carbocycles. The Kier molecular flexibility index (Phi) is 4.75. The van der Waals surface area contributed by atoms with Gasteiger partial charge in [-0.2, -0.15) is 0 Å². The van der Waals surface area contributed by atoms with Crippen LogP contribution in [-0.4, -0.2) is 23.8 Å². The van der Waals surface area contributed by atoms with Crippen LogP contribution in [0.3, 0.4) is 0 Å². The van der Waals surface area contributed by atoms with Crippen molar-refractivity contribution in [3.63, 3.8) is 0 Å². The summed E-state index contributed by atoms with van der Waals surface area (Å²) in [6, 6.07) is 0. The molecule has 3 nitrogen and oxygen atoms in total. The van der Waals surface area contributed by atoms with Crippen molar-refractivity contribution >= 4 is 5.97 Å². The number of carbonyl (C=O) groups is 1. The van der Waals surface area contributed by atoms with Gasteiger partial charge in [0.25, 0.3) is 0 Å². The van der Waals surface area contributed by atoms with Gasteiger partial charge in [-0.25, -0.2) is 0 Å². The standard InChI is InChI=1S/C14H24O3/c1-5-17-13(16)8-12(15)11-7-6-10(2)9-14(11,3)4/h9,11-12,15H,5-8H2,1-4H3. The van der Waals surface area contributed by atoms with Gasteiger partial charge in [0.2, 0.25) is 0 Å². The molecule has 0 aliphatic heterocycles. The summed E-state index contributed by atoms with van der Waals surface area (Å²) in [5, 5.41) is 10.2. The zero-order valence-corrected chi connectivity index (χ0v) is 11.3. The third kappa shape index (κ3) is 3.84. The lowest BCUT2D eigenvalue weighted by molar-refractivity contribution is -0.146. The first-order valence-electron chi connectivity index (χ1n) is 6.39. The molecule has 17 heavy (non-hydrogen) atoms. The highest BCUT2D eigenvalue weighted by molar-refractivity contribution is 5.69. The second-order valence-electron chi connectivity index (χ2n) is 5.53. The maximum absolute atomic E-state index is 11.4. The molecule has 0 bridgehead atoms. The average molecular weight is 240 g/mol. The Balaban J connectivity index is 2.64. The Morgan fingerprint density at radius 2 is 2.29 bits per heavy atom. The lowest BCUT2D eigenvalue weighted by Gasteiger charge is -2.39. The molecule has 0 aromatic heterocycles. The zero-order valence-electron chi connectivity index (χ0n) is 11.3. The molecule has 2 atom stereocenters. The maximum Gasteiger partial charge on any atom is 0.308 e.